The first-order chi connectivity index (χ1) is 21.3. The summed E-state index contributed by atoms with van der Waals surface area (Å²) in [5.74, 6) is 1.62. The van der Waals surface area contributed by atoms with E-state index in [4.69, 9.17) is 14.5 Å². The third kappa shape index (κ3) is 8.07. The van der Waals surface area contributed by atoms with Crippen LogP contribution in [-0.2, 0) is 22.7 Å². The summed E-state index contributed by atoms with van der Waals surface area (Å²) in [5, 5.41) is 3.17. The van der Waals surface area contributed by atoms with E-state index in [1.165, 1.54) is 24.8 Å². The summed E-state index contributed by atoms with van der Waals surface area (Å²) in [6.07, 6.45) is 5.50. The summed E-state index contributed by atoms with van der Waals surface area (Å²) >= 11 is 0. The average molecular weight is 610 g/mol. The Kier molecular flexibility index (Phi) is 10.4. The maximum Gasteiger partial charge on any atom is 0.228 e. The summed E-state index contributed by atoms with van der Waals surface area (Å²) < 4.78 is 14.0. The molecule has 232 valence electrons. The number of benzene rings is 3. The molecule has 1 heterocycles. The SMILES string of the molecule is CCCCCc1ccc(NC(=O)C2CC2c2nc(-c3ccccc3)n(COCC[Si](C)(C)C)c2-c2ccc(OC)cc2)cc1. The van der Waals surface area contributed by atoms with E-state index in [9.17, 15) is 4.79 Å². The molecule has 1 aromatic heterocycles. The normalized spacial score (nSPS) is 16.1. The van der Waals surface area contributed by atoms with Gasteiger partial charge in [0.05, 0.1) is 18.5 Å². The number of aryl methyl sites for hydroxylation is 1. The van der Waals surface area contributed by atoms with E-state index >= 15 is 0 Å². The molecule has 3 aromatic carbocycles. The molecule has 1 amide bonds. The Morgan fingerprint density at radius 3 is 2.34 bits per heavy atom. The van der Waals surface area contributed by atoms with Crippen molar-refractivity contribution >= 4 is 19.7 Å². The van der Waals surface area contributed by atoms with Crippen LogP contribution in [0.5, 0.6) is 5.75 Å². The van der Waals surface area contributed by atoms with Crippen molar-refractivity contribution in [3.05, 3.63) is 90.1 Å². The number of amides is 1. The molecule has 1 N–H and O–H groups in total. The second kappa shape index (κ2) is 14.4. The number of nitrogens with zero attached hydrogens (tertiary/aromatic N) is 2. The van der Waals surface area contributed by atoms with Crippen molar-refractivity contribution in [3.63, 3.8) is 0 Å². The first-order valence-corrected chi connectivity index (χ1v) is 19.8. The van der Waals surface area contributed by atoms with E-state index in [2.05, 4.69) is 72.8 Å². The van der Waals surface area contributed by atoms with Gasteiger partial charge in [0.15, 0.2) is 0 Å². The third-order valence-electron chi connectivity index (χ3n) is 8.38. The fraction of sp³-hybridized carbons (Fsp3) is 0.405. The van der Waals surface area contributed by atoms with E-state index in [1.54, 1.807) is 7.11 Å². The number of methoxy groups -OCH3 is 1. The molecule has 7 heteroatoms. The Hall–Kier alpha value is -3.68. The lowest BCUT2D eigenvalue weighted by Crippen LogP contribution is -2.22. The zero-order valence-electron chi connectivity index (χ0n) is 26.9. The van der Waals surface area contributed by atoms with Crippen LogP contribution >= 0.6 is 0 Å². The van der Waals surface area contributed by atoms with Crippen LogP contribution in [0.4, 0.5) is 5.69 Å². The molecule has 0 spiro atoms. The van der Waals surface area contributed by atoms with E-state index in [0.29, 0.717) is 13.3 Å². The number of nitrogens with one attached hydrogen (secondary N) is 1. The standard InChI is InChI=1S/C37H47N3O3Si/c1-6-7-9-12-27-15-19-30(20-16-27)38-37(41)33-25-32(33)34-35(28-17-21-31(42-2)22-18-28)40(26-43-23-24-44(3,4)5)36(39-34)29-13-10-8-11-14-29/h8,10-11,13-22,32-33H,6-7,9,12,23-26H2,1-5H3,(H,38,41). The maximum absolute atomic E-state index is 13.5. The van der Waals surface area contributed by atoms with Gasteiger partial charge < -0.3 is 14.8 Å². The first-order valence-electron chi connectivity index (χ1n) is 16.0. The molecule has 5 rings (SSSR count). The van der Waals surface area contributed by atoms with E-state index in [0.717, 1.165) is 58.7 Å². The van der Waals surface area contributed by atoms with Crippen molar-refractivity contribution in [2.75, 3.05) is 19.0 Å². The van der Waals surface area contributed by atoms with Gasteiger partial charge in [-0.3, -0.25) is 9.36 Å². The second-order valence-electron chi connectivity index (χ2n) is 13.1. The number of aromatic nitrogens is 2. The highest BCUT2D eigenvalue weighted by Crippen LogP contribution is 2.51. The lowest BCUT2D eigenvalue weighted by Gasteiger charge is -2.18. The summed E-state index contributed by atoms with van der Waals surface area (Å²) in [6.45, 7) is 10.4. The Labute approximate surface area is 263 Å². The molecule has 0 radical (unpaired) electrons. The molecule has 2 atom stereocenters. The van der Waals surface area contributed by atoms with Crippen molar-refractivity contribution in [1.29, 1.82) is 0 Å². The number of hydrogen-bond acceptors (Lipinski definition) is 4. The molecule has 6 nitrogen and oxygen atoms in total. The highest BCUT2D eigenvalue weighted by Gasteiger charge is 2.47. The number of rotatable bonds is 15. The van der Waals surface area contributed by atoms with Crippen LogP contribution in [-0.4, -0.2) is 37.2 Å². The molecule has 0 saturated heterocycles. The lowest BCUT2D eigenvalue weighted by molar-refractivity contribution is -0.117. The van der Waals surface area contributed by atoms with Gasteiger partial charge in [0.1, 0.15) is 18.3 Å². The Bertz CT molecular complexity index is 1510. The van der Waals surface area contributed by atoms with Gasteiger partial charge in [-0.15, -0.1) is 0 Å². The Morgan fingerprint density at radius 2 is 1.68 bits per heavy atom. The highest BCUT2D eigenvalue weighted by molar-refractivity contribution is 6.76. The largest absolute Gasteiger partial charge is 0.497 e. The van der Waals surface area contributed by atoms with E-state index < -0.39 is 8.07 Å². The lowest BCUT2D eigenvalue weighted by atomic mass is 10.1. The van der Waals surface area contributed by atoms with Crippen molar-refractivity contribution < 1.29 is 14.3 Å². The number of hydrogen-bond donors (Lipinski definition) is 1. The van der Waals surface area contributed by atoms with Gasteiger partial charge in [0, 0.05) is 43.3 Å². The molecule has 2 unspecified atom stereocenters. The molecular formula is C37H47N3O3Si. The molecule has 0 aliphatic heterocycles. The maximum atomic E-state index is 13.5. The van der Waals surface area contributed by atoms with Crippen LogP contribution in [0.1, 0.15) is 49.8 Å². The van der Waals surface area contributed by atoms with Gasteiger partial charge in [0.2, 0.25) is 5.91 Å². The predicted molar refractivity (Wildman–Crippen MR) is 183 cm³/mol. The molecule has 1 fully saturated rings. The summed E-state index contributed by atoms with van der Waals surface area (Å²) in [7, 11) is 0.441. The van der Waals surface area contributed by atoms with Crippen LogP contribution in [0.25, 0.3) is 22.6 Å². The zero-order valence-corrected chi connectivity index (χ0v) is 27.9. The first kappa shape index (κ1) is 31.7. The van der Waals surface area contributed by atoms with Gasteiger partial charge in [0.25, 0.3) is 0 Å². The average Bonchev–Trinajstić information content (AvgIpc) is 3.74. The number of ether oxygens (including phenoxy) is 2. The minimum atomic E-state index is -1.24. The minimum Gasteiger partial charge on any atom is -0.497 e. The number of anilines is 1. The summed E-state index contributed by atoms with van der Waals surface area (Å²) in [4.78, 5) is 18.7. The van der Waals surface area contributed by atoms with Crippen molar-refractivity contribution in [1.82, 2.24) is 9.55 Å². The van der Waals surface area contributed by atoms with Crippen LogP contribution in [0.15, 0.2) is 78.9 Å². The molecular weight excluding hydrogens is 563 g/mol. The van der Waals surface area contributed by atoms with Crippen molar-refractivity contribution in [2.45, 2.75) is 77.4 Å². The second-order valence-corrected chi connectivity index (χ2v) is 18.8. The molecule has 4 aromatic rings. The fourth-order valence-corrected chi connectivity index (χ4v) is 6.36. The summed E-state index contributed by atoms with van der Waals surface area (Å²) in [6, 6.07) is 27.8. The molecule has 1 aliphatic carbocycles. The third-order valence-corrected chi connectivity index (χ3v) is 10.1. The highest BCUT2D eigenvalue weighted by atomic mass is 28.3. The summed E-state index contributed by atoms with van der Waals surface area (Å²) in [5.41, 5.74) is 6.19. The van der Waals surface area contributed by atoms with Crippen molar-refractivity contribution in [2.24, 2.45) is 5.92 Å². The van der Waals surface area contributed by atoms with Gasteiger partial charge in [-0.05, 0) is 67.3 Å². The van der Waals surface area contributed by atoms with Gasteiger partial charge in [-0.1, -0.05) is 81.9 Å². The molecule has 0 bridgehead atoms. The van der Waals surface area contributed by atoms with Crippen LogP contribution in [0, 0.1) is 5.92 Å². The number of carbonyl (C=O) groups is 1. The van der Waals surface area contributed by atoms with Gasteiger partial charge in [-0.25, -0.2) is 4.98 Å². The zero-order chi connectivity index (χ0) is 31.1. The Morgan fingerprint density at radius 1 is 0.955 bits per heavy atom. The predicted octanol–water partition coefficient (Wildman–Crippen LogP) is 9.01. The van der Waals surface area contributed by atoms with Crippen LogP contribution in [0.3, 0.4) is 0 Å². The molecule has 1 saturated carbocycles. The fourth-order valence-electron chi connectivity index (χ4n) is 5.61. The quantitative estimate of drug-likeness (QED) is 0.108. The van der Waals surface area contributed by atoms with Crippen molar-refractivity contribution in [3.8, 4) is 28.4 Å². The number of unbranched alkanes of at least 4 members (excludes halogenated alkanes) is 2. The van der Waals surface area contributed by atoms with Crippen LogP contribution in [0.2, 0.25) is 25.7 Å². The van der Waals surface area contributed by atoms with Gasteiger partial charge in [-0.2, -0.15) is 0 Å². The van der Waals surface area contributed by atoms with E-state index in [1.807, 2.05) is 42.5 Å². The number of imidazole rings is 1. The molecule has 1 aliphatic rings. The molecule has 44 heavy (non-hydrogen) atoms. The Balaban J connectivity index is 1.42. The number of carbonyl (C=O) groups excluding carboxylic acids is 1. The van der Waals surface area contributed by atoms with Crippen LogP contribution < -0.4 is 10.1 Å². The van der Waals surface area contributed by atoms with E-state index in [-0.39, 0.29) is 17.7 Å². The van der Waals surface area contributed by atoms with Gasteiger partial charge >= 0.3 is 0 Å². The smallest absolute Gasteiger partial charge is 0.228 e. The topological polar surface area (TPSA) is 65.4 Å². The monoisotopic (exact) mass is 609 g/mol. The minimum absolute atomic E-state index is 0.0334.